The monoisotopic (exact) mass is 354 g/mol. The lowest BCUT2D eigenvalue weighted by Crippen LogP contribution is -2.22. The summed E-state index contributed by atoms with van der Waals surface area (Å²) >= 11 is 1.39. The summed E-state index contributed by atoms with van der Waals surface area (Å²) in [6.45, 7) is 0.0330. The molecule has 5 nitrogen and oxygen atoms in total. The van der Waals surface area contributed by atoms with Crippen LogP contribution in [0.25, 0.3) is 10.2 Å². The molecule has 2 aromatic carbocycles. The van der Waals surface area contributed by atoms with Gasteiger partial charge in [-0.2, -0.15) is 4.99 Å². The normalized spacial score (nSPS) is 11.6. The third kappa shape index (κ3) is 4.22. The third-order valence-electron chi connectivity index (χ3n) is 3.79. The van der Waals surface area contributed by atoms with Crippen molar-refractivity contribution in [3.05, 3.63) is 65.0 Å². The highest BCUT2D eigenvalue weighted by molar-refractivity contribution is 7.16. The fraction of sp³-hybridized carbons (Fsp3) is 0.211. The second-order valence-electron chi connectivity index (χ2n) is 5.51. The van der Waals surface area contributed by atoms with Crippen molar-refractivity contribution in [1.82, 2.24) is 4.57 Å². The first-order valence-corrected chi connectivity index (χ1v) is 8.75. The van der Waals surface area contributed by atoms with Gasteiger partial charge in [0.05, 0.1) is 17.3 Å². The van der Waals surface area contributed by atoms with E-state index in [2.05, 4.69) is 4.99 Å². The van der Waals surface area contributed by atoms with Crippen molar-refractivity contribution in [3.63, 3.8) is 0 Å². The summed E-state index contributed by atoms with van der Waals surface area (Å²) in [6, 6.07) is 17.5. The van der Waals surface area contributed by atoms with Crippen LogP contribution in [0.4, 0.5) is 0 Å². The zero-order valence-electron chi connectivity index (χ0n) is 13.8. The molecule has 0 spiro atoms. The number of aryl methyl sites for hydroxylation is 1. The lowest BCUT2D eigenvalue weighted by molar-refractivity contribution is -0.141. The maximum Gasteiger partial charge on any atom is 0.325 e. The summed E-state index contributed by atoms with van der Waals surface area (Å²) in [6.07, 6.45) is 0.974. The molecule has 0 N–H and O–H groups in total. The number of aromatic nitrogens is 1. The topological polar surface area (TPSA) is 60.7 Å². The Hall–Kier alpha value is -2.73. The van der Waals surface area contributed by atoms with Crippen molar-refractivity contribution < 1.29 is 14.3 Å². The number of carbonyl (C=O) groups excluding carboxylic acids is 2. The lowest BCUT2D eigenvalue weighted by atomic mass is 10.1. The van der Waals surface area contributed by atoms with Crippen LogP contribution in [0.1, 0.15) is 12.0 Å². The van der Waals surface area contributed by atoms with Gasteiger partial charge in [-0.1, -0.05) is 53.8 Å². The molecule has 0 radical (unpaired) electrons. The maximum atomic E-state index is 12.3. The van der Waals surface area contributed by atoms with E-state index in [1.807, 2.05) is 54.6 Å². The summed E-state index contributed by atoms with van der Waals surface area (Å²) in [5.41, 5.74) is 1.97. The number of nitrogens with zero attached hydrogens (tertiary/aromatic N) is 2. The molecule has 6 heteroatoms. The fourth-order valence-corrected chi connectivity index (χ4v) is 3.56. The van der Waals surface area contributed by atoms with Gasteiger partial charge in [0.25, 0.3) is 0 Å². The quantitative estimate of drug-likeness (QED) is 0.662. The van der Waals surface area contributed by atoms with Gasteiger partial charge in [-0.15, -0.1) is 0 Å². The number of esters is 1. The van der Waals surface area contributed by atoms with Crippen LogP contribution in [0, 0.1) is 0 Å². The molecule has 1 heterocycles. The first kappa shape index (κ1) is 17.1. The number of thiazole rings is 1. The van der Waals surface area contributed by atoms with Crippen LogP contribution in [0.3, 0.4) is 0 Å². The van der Waals surface area contributed by atoms with Crippen molar-refractivity contribution in [2.75, 3.05) is 7.11 Å². The SMILES string of the molecule is COC(=O)Cn1c(=NC(=O)CCc2ccccc2)sc2ccccc21. The van der Waals surface area contributed by atoms with Crippen molar-refractivity contribution in [2.24, 2.45) is 4.99 Å². The van der Waals surface area contributed by atoms with Gasteiger partial charge < -0.3 is 9.30 Å². The minimum atomic E-state index is -0.373. The van der Waals surface area contributed by atoms with Crippen molar-refractivity contribution >= 4 is 33.4 Å². The van der Waals surface area contributed by atoms with Crippen LogP contribution >= 0.6 is 11.3 Å². The van der Waals surface area contributed by atoms with E-state index < -0.39 is 0 Å². The third-order valence-corrected chi connectivity index (χ3v) is 4.85. The minimum absolute atomic E-state index is 0.0330. The molecule has 0 fully saturated rings. The Morgan fingerprint density at radius 1 is 1.08 bits per heavy atom. The average molecular weight is 354 g/mol. The predicted octanol–water partition coefficient (Wildman–Crippen LogP) is 2.94. The van der Waals surface area contributed by atoms with Crippen LogP contribution in [-0.2, 0) is 27.3 Å². The zero-order chi connectivity index (χ0) is 17.6. The molecule has 0 saturated heterocycles. The molecule has 0 atom stereocenters. The Balaban J connectivity index is 1.88. The molecule has 25 heavy (non-hydrogen) atoms. The van der Waals surface area contributed by atoms with E-state index in [1.54, 1.807) is 4.57 Å². The molecule has 0 unspecified atom stereocenters. The van der Waals surface area contributed by atoms with Gasteiger partial charge in [0, 0.05) is 6.42 Å². The fourth-order valence-electron chi connectivity index (χ4n) is 2.51. The molecule has 128 valence electrons. The predicted molar refractivity (Wildman–Crippen MR) is 97.2 cm³/mol. The van der Waals surface area contributed by atoms with E-state index in [9.17, 15) is 9.59 Å². The Morgan fingerprint density at radius 3 is 2.56 bits per heavy atom. The number of amides is 1. The molecule has 1 aromatic heterocycles. The summed E-state index contributed by atoms with van der Waals surface area (Å²) in [7, 11) is 1.35. The zero-order valence-corrected chi connectivity index (χ0v) is 14.7. The Kier molecular flexibility index (Phi) is 5.40. The van der Waals surface area contributed by atoms with E-state index in [0.717, 1.165) is 15.8 Å². The number of para-hydroxylation sites is 1. The van der Waals surface area contributed by atoms with Crippen LogP contribution < -0.4 is 4.80 Å². The summed E-state index contributed by atoms with van der Waals surface area (Å²) in [5.74, 6) is -0.573. The maximum absolute atomic E-state index is 12.3. The number of methoxy groups -OCH3 is 1. The van der Waals surface area contributed by atoms with Gasteiger partial charge in [0.1, 0.15) is 6.54 Å². The van der Waals surface area contributed by atoms with E-state index in [4.69, 9.17) is 4.74 Å². The van der Waals surface area contributed by atoms with Gasteiger partial charge in [-0.25, -0.2) is 0 Å². The Bertz CT molecular complexity index is 957. The van der Waals surface area contributed by atoms with Gasteiger partial charge in [-0.3, -0.25) is 9.59 Å². The van der Waals surface area contributed by atoms with Crippen molar-refractivity contribution in [2.45, 2.75) is 19.4 Å². The highest BCUT2D eigenvalue weighted by atomic mass is 32.1. The summed E-state index contributed by atoms with van der Waals surface area (Å²) in [5, 5.41) is 0. The number of rotatable bonds is 5. The van der Waals surface area contributed by atoms with Crippen LogP contribution in [-0.4, -0.2) is 23.6 Å². The Labute approximate surface area is 149 Å². The van der Waals surface area contributed by atoms with Gasteiger partial charge in [0.15, 0.2) is 4.80 Å². The average Bonchev–Trinajstić information content (AvgIpc) is 2.98. The molecule has 3 rings (SSSR count). The van der Waals surface area contributed by atoms with Gasteiger partial charge in [-0.05, 0) is 24.1 Å². The number of ether oxygens (including phenoxy) is 1. The van der Waals surface area contributed by atoms with E-state index in [-0.39, 0.29) is 18.4 Å². The van der Waals surface area contributed by atoms with E-state index >= 15 is 0 Å². The molecule has 1 amide bonds. The number of hydrogen-bond acceptors (Lipinski definition) is 4. The molecule has 3 aromatic rings. The second-order valence-corrected chi connectivity index (χ2v) is 6.51. The molecule has 0 saturated carbocycles. The van der Waals surface area contributed by atoms with E-state index in [0.29, 0.717) is 17.6 Å². The van der Waals surface area contributed by atoms with Gasteiger partial charge in [0.2, 0.25) is 5.91 Å². The number of benzene rings is 2. The van der Waals surface area contributed by atoms with Crippen LogP contribution in [0.2, 0.25) is 0 Å². The first-order chi connectivity index (χ1) is 12.2. The number of hydrogen-bond donors (Lipinski definition) is 0. The number of carbonyl (C=O) groups is 2. The first-order valence-electron chi connectivity index (χ1n) is 7.94. The molecular formula is C19H18N2O3S. The smallest absolute Gasteiger partial charge is 0.325 e. The highest BCUT2D eigenvalue weighted by Gasteiger charge is 2.11. The minimum Gasteiger partial charge on any atom is -0.468 e. The Morgan fingerprint density at radius 2 is 1.80 bits per heavy atom. The van der Waals surface area contributed by atoms with Gasteiger partial charge >= 0.3 is 5.97 Å². The number of fused-ring (bicyclic) bond motifs is 1. The summed E-state index contributed by atoms with van der Waals surface area (Å²) < 4.78 is 7.46. The van der Waals surface area contributed by atoms with Crippen LogP contribution in [0.15, 0.2) is 59.6 Å². The summed E-state index contributed by atoms with van der Waals surface area (Å²) in [4.78, 5) is 28.7. The second kappa shape index (κ2) is 7.90. The standard InChI is InChI=1S/C19H18N2O3S/c1-24-18(23)13-21-15-9-5-6-10-16(15)25-19(21)20-17(22)12-11-14-7-3-2-4-8-14/h2-10H,11-13H2,1H3. The van der Waals surface area contributed by atoms with E-state index in [1.165, 1.54) is 18.4 Å². The molecule has 0 aliphatic heterocycles. The molecular weight excluding hydrogens is 336 g/mol. The molecule has 0 aliphatic rings. The molecule has 0 bridgehead atoms. The lowest BCUT2D eigenvalue weighted by Gasteiger charge is -2.03. The van der Waals surface area contributed by atoms with Crippen molar-refractivity contribution in [3.8, 4) is 0 Å². The van der Waals surface area contributed by atoms with Crippen LogP contribution in [0.5, 0.6) is 0 Å². The molecule has 0 aliphatic carbocycles. The highest BCUT2D eigenvalue weighted by Crippen LogP contribution is 2.16. The largest absolute Gasteiger partial charge is 0.468 e. The van der Waals surface area contributed by atoms with Crippen molar-refractivity contribution in [1.29, 1.82) is 0 Å².